The molecule has 150 valence electrons. The van der Waals surface area contributed by atoms with E-state index in [4.69, 9.17) is 9.47 Å². The van der Waals surface area contributed by atoms with Crippen molar-refractivity contribution in [3.63, 3.8) is 0 Å². The van der Waals surface area contributed by atoms with Gasteiger partial charge in [0.15, 0.2) is 17.5 Å². The molecular weight excluding hydrogens is 457 g/mol. The smallest absolute Gasteiger partial charge is 0.191 e. The van der Waals surface area contributed by atoms with Gasteiger partial charge in [-0.3, -0.25) is 4.99 Å². The molecular formula is C17H29F2IN4O2. The lowest BCUT2D eigenvalue weighted by Gasteiger charge is -2.18. The summed E-state index contributed by atoms with van der Waals surface area (Å²) in [6.45, 7) is 4.03. The van der Waals surface area contributed by atoms with E-state index in [2.05, 4.69) is 27.6 Å². The highest BCUT2D eigenvalue weighted by molar-refractivity contribution is 14.0. The van der Waals surface area contributed by atoms with Crippen LogP contribution in [0.15, 0.2) is 23.2 Å². The van der Waals surface area contributed by atoms with Crippen LogP contribution in [0, 0.1) is 11.6 Å². The molecule has 0 fully saturated rings. The first-order valence-electron chi connectivity index (χ1n) is 8.26. The van der Waals surface area contributed by atoms with Crippen molar-refractivity contribution in [1.82, 2.24) is 15.5 Å². The monoisotopic (exact) mass is 486 g/mol. The van der Waals surface area contributed by atoms with Gasteiger partial charge in [0.2, 0.25) is 0 Å². The van der Waals surface area contributed by atoms with Gasteiger partial charge in [-0.15, -0.1) is 24.0 Å². The molecule has 0 aliphatic carbocycles. The summed E-state index contributed by atoms with van der Waals surface area (Å²) >= 11 is 0. The standard InChI is InChI=1S/C17H28F2N4O2.HI/c1-20-17(21-7-10-23(2)9-4-11-24-3)22-8-12-25-16-6-5-14(18)13-15(16)19;/h5-6,13H,4,7-12H2,1-3H3,(H2,20,21,22);1H. The number of methoxy groups -OCH3 is 1. The van der Waals surface area contributed by atoms with Gasteiger partial charge in [-0.2, -0.15) is 0 Å². The Kier molecular flexibility index (Phi) is 14.2. The van der Waals surface area contributed by atoms with Crippen molar-refractivity contribution >= 4 is 29.9 Å². The van der Waals surface area contributed by atoms with E-state index in [-0.39, 0.29) is 36.3 Å². The van der Waals surface area contributed by atoms with Crippen LogP contribution >= 0.6 is 24.0 Å². The fraction of sp³-hybridized carbons (Fsp3) is 0.588. The third kappa shape index (κ3) is 10.7. The minimum atomic E-state index is -0.709. The Labute approximate surface area is 171 Å². The highest BCUT2D eigenvalue weighted by Gasteiger charge is 2.05. The molecule has 1 aromatic rings. The number of hydrogen-bond donors (Lipinski definition) is 2. The number of rotatable bonds is 11. The summed E-state index contributed by atoms with van der Waals surface area (Å²) < 4.78 is 36.5. The maximum atomic E-state index is 13.4. The second-order valence-corrected chi connectivity index (χ2v) is 5.50. The number of likely N-dealkylation sites (N-methyl/N-ethyl adjacent to an activating group) is 1. The fourth-order valence-corrected chi connectivity index (χ4v) is 2.10. The molecule has 0 spiro atoms. The average Bonchev–Trinajstić information content (AvgIpc) is 2.58. The Balaban J connectivity index is 0.00000625. The molecule has 0 saturated heterocycles. The van der Waals surface area contributed by atoms with Crippen molar-refractivity contribution in [1.29, 1.82) is 0 Å². The summed E-state index contributed by atoms with van der Waals surface area (Å²) in [7, 11) is 5.43. The van der Waals surface area contributed by atoms with Crippen molar-refractivity contribution in [3.8, 4) is 5.75 Å². The zero-order valence-corrected chi connectivity index (χ0v) is 17.9. The van der Waals surface area contributed by atoms with Gasteiger partial charge in [-0.1, -0.05) is 0 Å². The number of hydrogen-bond acceptors (Lipinski definition) is 4. The van der Waals surface area contributed by atoms with Gasteiger partial charge >= 0.3 is 0 Å². The van der Waals surface area contributed by atoms with E-state index in [1.165, 1.54) is 6.07 Å². The highest BCUT2D eigenvalue weighted by atomic mass is 127. The van der Waals surface area contributed by atoms with Crippen LogP contribution < -0.4 is 15.4 Å². The topological polar surface area (TPSA) is 58.1 Å². The second kappa shape index (κ2) is 14.9. The minimum absolute atomic E-state index is 0. The Hall–Kier alpha value is -1.20. The summed E-state index contributed by atoms with van der Waals surface area (Å²) in [5, 5.41) is 6.27. The number of nitrogens with zero attached hydrogens (tertiary/aromatic N) is 2. The number of aliphatic imine (C=N–C) groups is 1. The quantitative estimate of drug-likeness (QED) is 0.217. The molecule has 0 bridgehead atoms. The maximum absolute atomic E-state index is 13.4. The molecule has 0 unspecified atom stereocenters. The molecule has 9 heteroatoms. The van der Waals surface area contributed by atoms with Gasteiger partial charge in [0.05, 0.1) is 6.54 Å². The van der Waals surface area contributed by atoms with Gasteiger partial charge in [0, 0.05) is 46.5 Å². The molecule has 0 aliphatic heterocycles. The average molecular weight is 486 g/mol. The molecule has 26 heavy (non-hydrogen) atoms. The largest absolute Gasteiger partial charge is 0.489 e. The van der Waals surface area contributed by atoms with Crippen molar-refractivity contribution in [2.24, 2.45) is 4.99 Å². The van der Waals surface area contributed by atoms with Crippen LogP contribution in [0.3, 0.4) is 0 Å². The van der Waals surface area contributed by atoms with Crippen molar-refractivity contribution in [2.75, 3.05) is 60.6 Å². The number of nitrogens with one attached hydrogen (secondary N) is 2. The summed E-state index contributed by atoms with van der Waals surface area (Å²) in [6.07, 6.45) is 0.997. The zero-order chi connectivity index (χ0) is 18.5. The molecule has 1 rings (SSSR count). The normalized spacial score (nSPS) is 11.2. The number of ether oxygens (including phenoxy) is 2. The van der Waals surface area contributed by atoms with Gasteiger partial charge in [-0.25, -0.2) is 8.78 Å². The summed E-state index contributed by atoms with van der Waals surface area (Å²) in [5.41, 5.74) is 0. The Bertz CT molecular complexity index is 535. The molecule has 0 aromatic heterocycles. The zero-order valence-electron chi connectivity index (χ0n) is 15.6. The first kappa shape index (κ1) is 24.8. The molecule has 0 saturated carbocycles. The van der Waals surface area contributed by atoms with Crippen molar-refractivity contribution in [3.05, 3.63) is 29.8 Å². The van der Waals surface area contributed by atoms with E-state index in [1.807, 2.05) is 0 Å². The Morgan fingerprint density at radius 2 is 1.88 bits per heavy atom. The lowest BCUT2D eigenvalue weighted by atomic mass is 10.3. The van der Waals surface area contributed by atoms with Crippen LogP contribution in [0.25, 0.3) is 0 Å². The maximum Gasteiger partial charge on any atom is 0.191 e. The summed E-state index contributed by atoms with van der Waals surface area (Å²) in [5.74, 6) is -0.656. The highest BCUT2D eigenvalue weighted by Crippen LogP contribution is 2.17. The van der Waals surface area contributed by atoms with Crippen molar-refractivity contribution < 1.29 is 18.3 Å². The van der Waals surface area contributed by atoms with Crippen molar-refractivity contribution in [2.45, 2.75) is 6.42 Å². The first-order valence-corrected chi connectivity index (χ1v) is 8.26. The van der Waals surface area contributed by atoms with Crippen LogP contribution in [-0.2, 0) is 4.74 Å². The third-order valence-corrected chi connectivity index (χ3v) is 3.44. The second-order valence-electron chi connectivity index (χ2n) is 5.50. The van der Waals surface area contributed by atoms with Gasteiger partial charge in [0.1, 0.15) is 12.4 Å². The van der Waals surface area contributed by atoms with E-state index in [0.29, 0.717) is 12.5 Å². The van der Waals surface area contributed by atoms with Gasteiger partial charge in [-0.05, 0) is 25.6 Å². The SMILES string of the molecule is CN=C(NCCOc1ccc(F)cc1F)NCCN(C)CCCOC.I. The van der Waals surface area contributed by atoms with Crippen LogP contribution in [-0.4, -0.2) is 71.5 Å². The lowest BCUT2D eigenvalue weighted by molar-refractivity contribution is 0.180. The molecule has 0 heterocycles. The van der Waals surface area contributed by atoms with E-state index < -0.39 is 11.6 Å². The van der Waals surface area contributed by atoms with E-state index in [1.54, 1.807) is 14.2 Å². The summed E-state index contributed by atoms with van der Waals surface area (Å²) in [6, 6.07) is 3.24. The molecule has 0 amide bonds. The molecule has 0 atom stereocenters. The Morgan fingerprint density at radius 3 is 2.54 bits per heavy atom. The predicted molar refractivity (Wildman–Crippen MR) is 111 cm³/mol. The van der Waals surface area contributed by atoms with Crippen LogP contribution in [0.2, 0.25) is 0 Å². The van der Waals surface area contributed by atoms with Crippen LogP contribution in [0.4, 0.5) is 8.78 Å². The Morgan fingerprint density at radius 1 is 1.15 bits per heavy atom. The summed E-state index contributed by atoms with van der Waals surface area (Å²) in [4.78, 5) is 6.32. The van der Waals surface area contributed by atoms with Gasteiger partial charge in [0.25, 0.3) is 0 Å². The van der Waals surface area contributed by atoms with Gasteiger partial charge < -0.3 is 25.0 Å². The first-order chi connectivity index (χ1) is 12.1. The number of halogens is 3. The van der Waals surface area contributed by atoms with E-state index in [9.17, 15) is 8.78 Å². The third-order valence-electron chi connectivity index (χ3n) is 3.44. The predicted octanol–water partition coefficient (Wildman–Crippen LogP) is 2.09. The molecule has 0 aliphatic rings. The van der Waals surface area contributed by atoms with E-state index in [0.717, 1.165) is 44.8 Å². The lowest BCUT2D eigenvalue weighted by Crippen LogP contribution is -2.42. The molecule has 2 N–H and O–H groups in total. The number of benzene rings is 1. The molecule has 1 aromatic carbocycles. The fourth-order valence-electron chi connectivity index (χ4n) is 2.10. The van der Waals surface area contributed by atoms with Crippen LogP contribution in [0.1, 0.15) is 6.42 Å². The molecule has 0 radical (unpaired) electrons. The molecule has 6 nitrogen and oxygen atoms in total. The minimum Gasteiger partial charge on any atom is -0.489 e. The number of guanidine groups is 1. The van der Waals surface area contributed by atoms with Crippen LogP contribution in [0.5, 0.6) is 5.75 Å². The van der Waals surface area contributed by atoms with E-state index >= 15 is 0 Å².